The minimum absolute atomic E-state index is 0.0257. The molecule has 4 rings (SSSR count). The van der Waals surface area contributed by atoms with Gasteiger partial charge >= 0.3 is 0 Å². The van der Waals surface area contributed by atoms with Crippen LogP contribution in [0.1, 0.15) is 129 Å². The van der Waals surface area contributed by atoms with Gasteiger partial charge in [-0.3, -0.25) is 38.9 Å². The summed E-state index contributed by atoms with van der Waals surface area (Å²) in [5.41, 5.74) is 11.5. The van der Waals surface area contributed by atoms with Crippen molar-refractivity contribution in [2.45, 2.75) is 203 Å². The molecule has 436 valence electrons. The van der Waals surface area contributed by atoms with Crippen LogP contribution in [0, 0.1) is 11.8 Å². The fourth-order valence-electron chi connectivity index (χ4n) is 10.2. The molecule has 3 heterocycles. The highest BCUT2D eigenvalue weighted by atomic mass is 16.3. The average molecular weight is 1090 g/mol. The molecule has 25 nitrogen and oxygen atoms in total. The molecule has 1 aromatic carbocycles. The summed E-state index contributed by atoms with van der Waals surface area (Å²) in [6.45, 7) is 6.73. The summed E-state index contributed by atoms with van der Waals surface area (Å²) in [6, 6.07) is -6.40. The second-order valence-electron chi connectivity index (χ2n) is 21.3. The van der Waals surface area contributed by atoms with Gasteiger partial charge in [-0.2, -0.15) is 0 Å². The molecule has 16 atom stereocenters. The third kappa shape index (κ3) is 18.8. The lowest BCUT2D eigenvalue weighted by Gasteiger charge is -2.35. The first-order valence-electron chi connectivity index (χ1n) is 27.3. The number of aliphatic hydroxyl groups excluding tert-OH is 7. The number of aliphatic hydroxyl groups is 7. The molecule has 3 fully saturated rings. The summed E-state index contributed by atoms with van der Waals surface area (Å²) in [5.74, 6) is -6.43. The number of nitrogens with two attached hydrogens (primary N) is 2. The molecule has 1 aromatic rings. The number of nitrogens with one attached hydrogen (secondary N) is 6. The van der Waals surface area contributed by atoms with Gasteiger partial charge in [0.1, 0.15) is 60.4 Å². The van der Waals surface area contributed by atoms with Gasteiger partial charge in [0.2, 0.25) is 41.4 Å². The van der Waals surface area contributed by atoms with Crippen LogP contribution in [0.4, 0.5) is 0 Å². The highest BCUT2D eigenvalue weighted by Gasteiger charge is 2.49. The van der Waals surface area contributed by atoms with E-state index < -0.39 is 146 Å². The number of phenols is 1. The predicted molar refractivity (Wildman–Crippen MR) is 280 cm³/mol. The van der Waals surface area contributed by atoms with Gasteiger partial charge in [0.25, 0.3) is 0 Å². The summed E-state index contributed by atoms with van der Waals surface area (Å²) in [5, 5.41) is 104. The molecule has 18 N–H and O–H groups in total. The Morgan fingerprint density at radius 3 is 1.97 bits per heavy atom. The van der Waals surface area contributed by atoms with Crippen LogP contribution in [0.5, 0.6) is 5.75 Å². The Morgan fingerprint density at radius 1 is 0.714 bits per heavy atom. The number of carbonyl (C=O) groups is 7. The van der Waals surface area contributed by atoms with Crippen LogP contribution in [0.2, 0.25) is 0 Å². The molecule has 7 amide bonds. The van der Waals surface area contributed by atoms with Gasteiger partial charge < -0.3 is 88.7 Å². The van der Waals surface area contributed by atoms with Gasteiger partial charge in [-0.15, -0.1) is 0 Å². The molecule has 0 spiro atoms. The standard InChI is InChI=1S/C52H88N10O15/c1-5-28(2)24-29(3)12-10-8-6-7-9-11-13-39(69)56-34-26-38(68)46(55-22-21-54)60-50(75)43-37(67)19-23-61(43)52(77)41(36(66)18-20-53)58-49(74)42(45(71)44(70)31-14-16-32(64)17-15-31)59-48(73)35-25-33(65)27-62(35)51(76)40(30(4)63)57-47(34)72/h14-17,28-30,33-38,40-46,55,63-68,70-71H,5-13,18-27,53-54H2,1-4H3,(H,56,69)(H,57,72)(H,58,74)(H,59,73)(H,60,75)/t28-,29+,30+,33+,34?,35-,36+,37-,38+,40-,41-,42?,43-,44-,45-,46-/m0/s1. The highest BCUT2D eigenvalue weighted by Crippen LogP contribution is 2.27. The molecular formula is C52H88N10O15. The van der Waals surface area contributed by atoms with Gasteiger partial charge in [0.15, 0.2) is 0 Å². The molecule has 0 aliphatic carbocycles. The van der Waals surface area contributed by atoms with Crippen LogP contribution >= 0.6 is 0 Å². The molecular weight excluding hydrogens is 1000 g/mol. The lowest BCUT2D eigenvalue weighted by molar-refractivity contribution is -0.148. The smallest absolute Gasteiger partial charge is 0.248 e. The minimum Gasteiger partial charge on any atom is -0.508 e. The maximum atomic E-state index is 14.6. The summed E-state index contributed by atoms with van der Waals surface area (Å²) in [4.78, 5) is 102. The molecule has 0 saturated carbocycles. The number of unbranched alkanes of at least 4 members (excludes halogenated alkanes) is 5. The fourth-order valence-corrected chi connectivity index (χ4v) is 10.2. The largest absolute Gasteiger partial charge is 0.508 e. The third-order valence-corrected chi connectivity index (χ3v) is 14.9. The Labute approximate surface area is 450 Å². The summed E-state index contributed by atoms with van der Waals surface area (Å²) in [7, 11) is 0. The van der Waals surface area contributed by atoms with E-state index in [1.807, 2.05) is 0 Å². The quantitative estimate of drug-likeness (QED) is 0.0477. The number of rotatable bonds is 23. The molecule has 0 bridgehead atoms. The van der Waals surface area contributed by atoms with Crippen molar-refractivity contribution in [2.75, 3.05) is 32.7 Å². The van der Waals surface area contributed by atoms with Crippen LogP contribution < -0.4 is 43.4 Å². The zero-order valence-electron chi connectivity index (χ0n) is 45.0. The SMILES string of the molecule is CC[C@H](C)C[C@H](C)CCCCCCCCC(=O)NC1C[C@@H](O)[C@@H](NCCN)NC(=O)[C@@H]2[C@@H](O)CCN2C(=O)[C@H]([C@H](O)CCN)NC(=O)C([C@H](O)[C@@H](O)c2ccc(O)cc2)NC(=O)[C@@H]2C[C@@H](O)CN2C(=O)[C@H]([C@@H](C)O)NC1=O. The number of carbonyl (C=O) groups excluding carboxylic acids is 7. The van der Waals surface area contributed by atoms with Crippen LogP contribution in [0.25, 0.3) is 0 Å². The van der Waals surface area contributed by atoms with Gasteiger partial charge in [-0.1, -0.05) is 77.8 Å². The van der Waals surface area contributed by atoms with Crippen LogP contribution in [0.15, 0.2) is 24.3 Å². The normalized spacial score (nSPS) is 28.6. The molecule has 3 saturated heterocycles. The number of hydrogen-bond acceptors (Lipinski definition) is 18. The second-order valence-corrected chi connectivity index (χ2v) is 21.3. The van der Waals surface area contributed by atoms with E-state index in [1.165, 1.54) is 30.7 Å². The topological polar surface area (TPSA) is 412 Å². The number of nitrogens with zero attached hydrogens (tertiary/aromatic N) is 2. The van der Waals surface area contributed by atoms with Crippen LogP contribution in [0.3, 0.4) is 0 Å². The van der Waals surface area contributed by atoms with Gasteiger partial charge in [-0.25, -0.2) is 0 Å². The lowest BCUT2D eigenvalue weighted by Crippen LogP contribution is -2.65. The molecule has 0 radical (unpaired) electrons. The molecule has 3 aliphatic rings. The first-order chi connectivity index (χ1) is 36.5. The summed E-state index contributed by atoms with van der Waals surface area (Å²) in [6.07, 6.45) is -6.95. The number of benzene rings is 1. The summed E-state index contributed by atoms with van der Waals surface area (Å²) < 4.78 is 0. The van der Waals surface area contributed by atoms with Crippen molar-refractivity contribution in [1.29, 1.82) is 0 Å². The van der Waals surface area contributed by atoms with E-state index in [2.05, 4.69) is 52.7 Å². The Hall–Kier alpha value is -5.09. The first kappa shape index (κ1) is 64.4. The Balaban J connectivity index is 1.73. The maximum Gasteiger partial charge on any atom is 0.248 e. The monoisotopic (exact) mass is 1090 g/mol. The predicted octanol–water partition coefficient (Wildman–Crippen LogP) is -3.31. The van der Waals surface area contributed by atoms with Crippen molar-refractivity contribution >= 4 is 41.4 Å². The maximum absolute atomic E-state index is 14.6. The van der Waals surface area contributed by atoms with E-state index in [0.29, 0.717) is 24.7 Å². The highest BCUT2D eigenvalue weighted by molar-refractivity contribution is 5.98. The summed E-state index contributed by atoms with van der Waals surface area (Å²) >= 11 is 0. The minimum atomic E-state index is -2.28. The van der Waals surface area contributed by atoms with Gasteiger partial charge in [-0.05, 0) is 68.7 Å². The van der Waals surface area contributed by atoms with Crippen molar-refractivity contribution in [3.8, 4) is 5.75 Å². The van der Waals surface area contributed by atoms with Crippen molar-refractivity contribution < 1.29 is 74.4 Å². The Morgan fingerprint density at radius 2 is 1.34 bits per heavy atom. The van der Waals surface area contributed by atoms with Crippen molar-refractivity contribution in [3.05, 3.63) is 29.8 Å². The average Bonchev–Trinajstić information content (AvgIpc) is 3.99. The van der Waals surface area contributed by atoms with E-state index in [9.17, 15) is 74.4 Å². The zero-order chi connectivity index (χ0) is 57.1. The van der Waals surface area contributed by atoms with Crippen molar-refractivity contribution in [3.63, 3.8) is 0 Å². The van der Waals surface area contributed by atoms with Crippen molar-refractivity contribution in [2.24, 2.45) is 23.3 Å². The Bertz CT molecular complexity index is 2070. The second kappa shape index (κ2) is 31.5. The fraction of sp³-hybridized carbons (Fsp3) is 0.750. The molecule has 2 unspecified atom stereocenters. The van der Waals surface area contributed by atoms with Crippen molar-refractivity contribution in [1.82, 2.24) is 41.7 Å². The van der Waals surface area contributed by atoms with Crippen LogP contribution in [-0.4, -0.2) is 204 Å². The van der Waals surface area contributed by atoms with E-state index >= 15 is 0 Å². The Kier molecular flexibility index (Phi) is 26.4. The first-order valence-corrected chi connectivity index (χ1v) is 27.3. The lowest BCUT2D eigenvalue weighted by atomic mass is 9.91. The number of hydrogen-bond donors (Lipinski definition) is 16. The van der Waals surface area contributed by atoms with E-state index in [-0.39, 0.29) is 56.8 Å². The number of amides is 7. The third-order valence-electron chi connectivity index (χ3n) is 14.9. The van der Waals surface area contributed by atoms with Gasteiger partial charge in [0.05, 0.1) is 30.5 Å². The molecule has 3 aliphatic heterocycles. The number of aromatic hydroxyl groups is 1. The van der Waals surface area contributed by atoms with Crippen LogP contribution in [-0.2, 0) is 33.6 Å². The van der Waals surface area contributed by atoms with Gasteiger partial charge in [0, 0.05) is 45.4 Å². The zero-order valence-corrected chi connectivity index (χ0v) is 45.0. The molecule has 25 heteroatoms. The number of phenolic OH excluding ortho intramolecular Hbond substituents is 1. The van der Waals surface area contributed by atoms with E-state index in [0.717, 1.165) is 55.2 Å². The molecule has 77 heavy (non-hydrogen) atoms. The van der Waals surface area contributed by atoms with E-state index in [1.54, 1.807) is 0 Å². The number of fused-ring (bicyclic) bond motifs is 2. The molecule has 0 aromatic heterocycles. The van der Waals surface area contributed by atoms with E-state index in [4.69, 9.17) is 11.5 Å².